The maximum Gasteiger partial charge on any atom is 0.451 e. The molecule has 2 aliphatic carbocycles. The minimum atomic E-state index is -4.61. The van der Waals surface area contributed by atoms with Gasteiger partial charge in [0.25, 0.3) is 0 Å². The molecule has 2 fully saturated rings. The van der Waals surface area contributed by atoms with Gasteiger partial charge >= 0.3 is 6.18 Å². The minimum Gasteiger partial charge on any atom is -0.365 e. The quantitative estimate of drug-likeness (QED) is 0.901. The van der Waals surface area contributed by atoms with E-state index in [1.165, 1.54) is 6.07 Å². The van der Waals surface area contributed by atoms with Crippen LogP contribution in [0.2, 0.25) is 0 Å². The van der Waals surface area contributed by atoms with Crippen LogP contribution >= 0.6 is 0 Å². The summed E-state index contributed by atoms with van der Waals surface area (Å²) < 4.78 is 39.0. The van der Waals surface area contributed by atoms with Crippen molar-refractivity contribution >= 4 is 22.6 Å². The van der Waals surface area contributed by atoms with Crippen molar-refractivity contribution in [3.8, 4) is 0 Å². The van der Waals surface area contributed by atoms with Gasteiger partial charge in [-0.2, -0.15) is 13.2 Å². The van der Waals surface area contributed by atoms with Crippen LogP contribution in [0.3, 0.4) is 0 Å². The molecule has 2 aliphatic rings. The number of carbonyl (C=O) groups is 1. The lowest BCUT2D eigenvalue weighted by Gasteiger charge is -2.12. The summed E-state index contributed by atoms with van der Waals surface area (Å²) in [5, 5.41) is 6.46. The van der Waals surface area contributed by atoms with Gasteiger partial charge in [-0.05, 0) is 31.4 Å². The SMILES string of the molecule is O=C(NC1CC1Nc1nc(C(F)(F)F)nc2ccccc12)C1CC1. The zero-order chi connectivity index (χ0) is 16.9. The molecule has 2 unspecified atom stereocenters. The average molecular weight is 336 g/mol. The first-order valence-corrected chi connectivity index (χ1v) is 7.83. The van der Waals surface area contributed by atoms with E-state index in [0.717, 1.165) is 12.8 Å². The summed E-state index contributed by atoms with van der Waals surface area (Å²) in [6.45, 7) is 0. The van der Waals surface area contributed by atoms with Gasteiger partial charge in [-0.1, -0.05) is 12.1 Å². The van der Waals surface area contributed by atoms with Gasteiger partial charge in [-0.15, -0.1) is 0 Å². The first-order chi connectivity index (χ1) is 11.4. The van der Waals surface area contributed by atoms with Gasteiger partial charge in [0.1, 0.15) is 5.82 Å². The van der Waals surface area contributed by atoms with Crippen molar-refractivity contribution in [1.82, 2.24) is 15.3 Å². The Bertz CT molecular complexity index is 803. The van der Waals surface area contributed by atoms with E-state index in [1.54, 1.807) is 18.2 Å². The number of rotatable bonds is 4. The van der Waals surface area contributed by atoms with Crippen molar-refractivity contribution in [2.24, 2.45) is 5.92 Å². The van der Waals surface area contributed by atoms with Crippen molar-refractivity contribution in [3.63, 3.8) is 0 Å². The van der Waals surface area contributed by atoms with E-state index in [1.807, 2.05) is 0 Å². The smallest absolute Gasteiger partial charge is 0.365 e. The number of aromatic nitrogens is 2. The van der Waals surface area contributed by atoms with Crippen LogP contribution in [-0.4, -0.2) is 28.0 Å². The highest BCUT2D eigenvalue weighted by molar-refractivity contribution is 5.89. The number of carbonyl (C=O) groups excluding carboxylic acids is 1. The Morgan fingerprint density at radius 2 is 1.88 bits per heavy atom. The molecular formula is C16H15F3N4O. The third-order valence-electron chi connectivity index (χ3n) is 4.25. The first-order valence-electron chi connectivity index (χ1n) is 7.83. The molecule has 1 heterocycles. The lowest BCUT2D eigenvalue weighted by molar-refractivity contribution is -0.144. The maximum absolute atomic E-state index is 13.0. The van der Waals surface area contributed by atoms with Crippen molar-refractivity contribution in [1.29, 1.82) is 0 Å². The molecule has 0 bridgehead atoms. The number of alkyl halides is 3. The number of halogens is 3. The average Bonchev–Trinajstić information content (AvgIpc) is 3.42. The Kier molecular flexibility index (Phi) is 3.36. The standard InChI is InChI=1S/C16H15F3N4O/c17-16(18,19)15-22-10-4-2-1-3-9(10)13(23-15)20-11-7-12(11)21-14(24)8-5-6-8/h1-4,8,11-12H,5-7H2,(H,21,24)(H,20,22,23). The topological polar surface area (TPSA) is 66.9 Å². The molecule has 126 valence electrons. The zero-order valence-electron chi connectivity index (χ0n) is 12.6. The predicted octanol–water partition coefficient (Wildman–Crippen LogP) is 2.73. The van der Waals surface area contributed by atoms with E-state index < -0.39 is 12.0 Å². The molecular weight excluding hydrogens is 321 g/mol. The number of amides is 1. The van der Waals surface area contributed by atoms with Gasteiger partial charge in [-0.3, -0.25) is 4.79 Å². The fraction of sp³-hybridized carbons (Fsp3) is 0.438. The number of fused-ring (bicyclic) bond motifs is 1. The van der Waals surface area contributed by atoms with E-state index in [0.29, 0.717) is 11.8 Å². The summed E-state index contributed by atoms with van der Waals surface area (Å²) in [6.07, 6.45) is -2.09. The summed E-state index contributed by atoms with van der Waals surface area (Å²) in [5.41, 5.74) is 0.238. The molecule has 1 amide bonds. The summed E-state index contributed by atoms with van der Waals surface area (Å²) in [7, 11) is 0. The molecule has 2 N–H and O–H groups in total. The van der Waals surface area contributed by atoms with E-state index in [2.05, 4.69) is 20.6 Å². The molecule has 0 saturated heterocycles. The minimum absolute atomic E-state index is 0.0350. The maximum atomic E-state index is 13.0. The summed E-state index contributed by atoms with van der Waals surface area (Å²) in [5.74, 6) is -0.861. The monoisotopic (exact) mass is 336 g/mol. The fourth-order valence-electron chi connectivity index (χ4n) is 2.65. The molecule has 2 atom stereocenters. The van der Waals surface area contributed by atoms with Crippen LogP contribution in [0.4, 0.5) is 19.0 Å². The number of nitrogens with one attached hydrogen (secondary N) is 2. The highest BCUT2D eigenvalue weighted by atomic mass is 19.4. The van der Waals surface area contributed by atoms with Gasteiger partial charge in [0.2, 0.25) is 11.7 Å². The molecule has 1 aromatic heterocycles. The lowest BCUT2D eigenvalue weighted by atomic mass is 10.2. The van der Waals surface area contributed by atoms with Gasteiger partial charge in [0, 0.05) is 17.3 Å². The first kappa shape index (κ1) is 15.2. The Balaban J connectivity index is 1.56. The highest BCUT2D eigenvalue weighted by Crippen LogP contribution is 2.34. The molecule has 2 aromatic rings. The van der Waals surface area contributed by atoms with Gasteiger partial charge in [0.05, 0.1) is 11.6 Å². The van der Waals surface area contributed by atoms with E-state index in [9.17, 15) is 18.0 Å². The van der Waals surface area contributed by atoms with Gasteiger partial charge in [-0.25, -0.2) is 9.97 Å². The van der Waals surface area contributed by atoms with Crippen LogP contribution in [0.15, 0.2) is 24.3 Å². The Labute approximate surface area is 135 Å². The Morgan fingerprint density at radius 1 is 1.12 bits per heavy atom. The number of nitrogens with zero attached hydrogens (tertiary/aromatic N) is 2. The molecule has 8 heteroatoms. The normalized spacial score (nSPS) is 23.1. The van der Waals surface area contributed by atoms with Crippen LogP contribution in [0.5, 0.6) is 0 Å². The van der Waals surface area contributed by atoms with Crippen molar-refractivity contribution in [2.75, 3.05) is 5.32 Å². The molecule has 4 rings (SSSR count). The van der Waals surface area contributed by atoms with E-state index in [-0.39, 0.29) is 35.2 Å². The molecule has 24 heavy (non-hydrogen) atoms. The Hall–Kier alpha value is -2.38. The molecule has 5 nitrogen and oxygen atoms in total. The van der Waals surface area contributed by atoms with Crippen molar-refractivity contribution in [3.05, 3.63) is 30.1 Å². The molecule has 0 spiro atoms. The molecule has 0 radical (unpaired) electrons. The second-order valence-electron chi connectivity index (χ2n) is 6.29. The summed E-state index contributed by atoms with van der Waals surface area (Å²) in [4.78, 5) is 19.0. The largest absolute Gasteiger partial charge is 0.451 e. The van der Waals surface area contributed by atoms with Crippen LogP contribution in [0.1, 0.15) is 25.1 Å². The Morgan fingerprint density at radius 3 is 2.58 bits per heavy atom. The molecule has 1 aromatic carbocycles. The number of anilines is 1. The van der Waals surface area contributed by atoms with E-state index in [4.69, 9.17) is 0 Å². The second kappa shape index (κ2) is 5.32. The number of benzene rings is 1. The number of hydrogen-bond donors (Lipinski definition) is 2. The van der Waals surface area contributed by atoms with Gasteiger partial charge in [0.15, 0.2) is 0 Å². The zero-order valence-corrected chi connectivity index (χ0v) is 12.6. The number of para-hydroxylation sites is 1. The predicted molar refractivity (Wildman–Crippen MR) is 81.2 cm³/mol. The molecule has 0 aliphatic heterocycles. The van der Waals surface area contributed by atoms with Crippen molar-refractivity contribution in [2.45, 2.75) is 37.5 Å². The van der Waals surface area contributed by atoms with E-state index >= 15 is 0 Å². The third kappa shape index (κ3) is 3.00. The van der Waals surface area contributed by atoms with Crippen LogP contribution in [0.25, 0.3) is 10.9 Å². The van der Waals surface area contributed by atoms with Crippen LogP contribution in [-0.2, 0) is 11.0 Å². The second-order valence-corrected chi connectivity index (χ2v) is 6.29. The van der Waals surface area contributed by atoms with Crippen molar-refractivity contribution < 1.29 is 18.0 Å². The summed E-state index contributed by atoms with van der Waals surface area (Å²) in [6, 6.07) is 6.40. The van der Waals surface area contributed by atoms with Crippen LogP contribution in [0, 0.1) is 5.92 Å². The summed E-state index contributed by atoms with van der Waals surface area (Å²) >= 11 is 0. The van der Waals surface area contributed by atoms with Crippen LogP contribution < -0.4 is 10.6 Å². The highest BCUT2D eigenvalue weighted by Gasteiger charge is 2.42. The lowest BCUT2D eigenvalue weighted by Crippen LogP contribution is -2.30. The fourth-order valence-corrected chi connectivity index (χ4v) is 2.65. The number of hydrogen-bond acceptors (Lipinski definition) is 4. The molecule has 2 saturated carbocycles. The third-order valence-corrected chi connectivity index (χ3v) is 4.25. The van der Waals surface area contributed by atoms with Gasteiger partial charge < -0.3 is 10.6 Å².